The van der Waals surface area contributed by atoms with Crippen molar-refractivity contribution in [3.8, 4) is 0 Å². The molecule has 4 N–H and O–H groups in total. The summed E-state index contributed by atoms with van der Waals surface area (Å²) in [6.07, 6.45) is -0.122. The van der Waals surface area contributed by atoms with Gasteiger partial charge in [-0.1, -0.05) is 13.3 Å². The quantitative estimate of drug-likeness (QED) is 0.0743. The van der Waals surface area contributed by atoms with Gasteiger partial charge in [-0.25, -0.2) is 9.59 Å². The third-order valence-electron chi connectivity index (χ3n) is 4.78. The minimum absolute atomic E-state index is 0.352. The van der Waals surface area contributed by atoms with E-state index in [0.717, 1.165) is 21.0 Å². The number of likely N-dealkylation sites (N-methyl/N-ethyl adjacent to an activating group) is 1. The van der Waals surface area contributed by atoms with Crippen molar-refractivity contribution in [2.24, 2.45) is 0 Å². The Morgan fingerprint density at radius 3 is 1.90 bits per heavy atom. The van der Waals surface area contributed by atoms with Crippen molar-refractivity contribution in [3.63, 3.8) is 0 Å². The van der Waals surface area contributed by atoms with E-state index in [0.29, 0.717) is 19.1 Å². The van der Waals surface area contributed by atoms with Gasteiger partial charge >= 0.3 is 24.0 Å². The first-order valence-electron chi connectivity index (χ1n) is 12.1. The predicted molar refractivity (Wildman–Crippen MR) is 136 cm³/mol. The summed E-state index contributed by atoms with van der Waals surface area (Å²) in [5.41, 5.74) is -1.13. The van der Waals surface area contributed by atoms with Gasteiger partial charge in [0.05, 0.1) is 7.11 Å². The number of ether oxygens (including phenoxy) is 4. The highest BCUT2D eigenvalue weighted by Gasteiger charge is 2.32. The van der Waals surface area contributed by atoms with Crippen LogP contribution in [0.15, 0.2) is 12.0 Å². The molecule has 0 aliphatic carbocycles. The second-order valence-corrected chi connectivity index (χ2v) is 9.29. The second kappa shape index (κ2) is 16.7. The van der Waals surface area contributed by atoms with Crippen LogP contribution in [0.4, 0.5) is 4.79 Å². The fourth-order valence-corrected chi connectivity index (χ4v) is 2.96. The van der Waals surface area contributed by atoms with Gasteiger partial charge in [-0.2, -0.15) is 0 Å². The number of hydrogen-bond acceptors (Lipinski definition) is 12. The number of carbonyl (C=O) groups is 6. The van der Waals surface area contributed by atoms with Gasteiger partial charge in [-0.05, 0) is 27.2 Å². The summed E-state index contributed by atoms with van der Waals surface area (Å²) >= 11 is 0. The highest BCUT2D eigenvalue weighted by Crippen LogP contribution is 2.13. The zero-order valence-electron chi connectivity index (χ0n) is 23.6. The van der Waals surface area contributed by atoms with Gasteiger partial charge in [0.25, 0.3) is 5.91 Å². The molecule has 0 radical (unpaired) electrons. The molecule has 15 heteroatoms. The monoisotopic (exact) mass is 560 g/mol. The maximum atomic E-state index is 13.1. The first-order chi connectivity index (χ1) is 18.1. The molecule has 39 heavy (non-hydrogen) atoms. The molecule has 0 spiro atoms. The number of amides is 3. The van der Waals surface area contributed by atoms with Gasteiger partial charge in [-0.15, -0.1) is 0 Å². The van der Waals surface area contributed by atoms with E-state index in [4.69, 9.17) is 14.2 Å². The molecule has 0 aliphatic rings. The number of aliphatic hydroxyl groups is 1. The lowest BCUT2D eigenvalue weighted by molar-refractivity contribution is -0.152. The second-order valence-electron chi connectivity index (χ2n) is 9.29. The van der Waals surface area contributed by atoms with Crippen molar-refractivity contribution in [1.29, 1.82) is 0 Å². The Balaban J connectivity index is 5.81. The summed E-state index contributed by atoms with van der Waals surface area (Å²) in [7, 11) is 2.48. The van der Waals surface area contributed by atoms with E-state index in [1.165, 1.54) is 11.9 Å². The van der Waals surface area contributed by atoms with E-state index in [1.54, 1.807) is 20.8 Å². The molecule has 0 heterocycles. The van der Waals surface area contributed by atoms with Crippen LogP contribution in [0, 0.1) is 0 Å². The fraction of sp³-hybridized carbons (Fsp3) is 0.667. The zero-order chi connectivity index (χ0) is 30.3. The highest BCUT2D eigenvalue weighted by molar-refractivity contribution is 5.97. The van der Waals surface area contributed by atoms with Crippen LogP contribution in [0.25, 0.3) is 0 Å². The lowest BCUT2D eigenvalue weighted by atomic mass is 10.2. The molecule has 0 rings (SSSR count). The summed E-state index contributed by atoms with van der Waals surface area (Å²) in [5, 5.41) is 17.0. The molecule has 0 aliphatic heterocycles. The number of esters is 3. The molecule has 0 aromatic heterocycles. The first kappa shape index (κ1) is 35.0. The van der Waals surface area contributed by atoms with Crippen LogP contribution < -0.4 is 16.0 Å². The number of hydrogen-bond donors (Lipinski definition) is 4. The number of alkyl carbamates (subject to hydrolysis) is 1. The summed E-state index contributed by atoms with van der Waals surface area (Å²) in [4.78, 5) is 74.1. The van der Waals surface area contributed by atoms with Gasteiger partial charge in [-0.3, -0.25) is 19.2 Å². The Labute approximate surface area is 227 Å². The number of nitrogens with one attached hydrogen (secondary N) is 3. The first-order valence-corrected chi connectivity index (χ1v) is 12.1. The average Bonchev–Trinajstić information content (AvgIpc) is 2.82. The van der Waals surface area contributed by atoms with Crippen molar-refractivity contribution in [2.45, 2.75) is 78.2 Å². The van der Waals surface area contributed by atoms with E-state index < -0.39 is 72.9 Å². The topological polar surface area (TPSA) is 199 Å². The van der Waals surface area contributed by atoms with Gasteiger partial charge in [0.2, 0.25) is 5.91 Å². The normalized spacial score (nSPS) is 13.6. The minimum Gasteiger partial charge on any atom is -0.513 e. The Bertz CT molecular complexity index is 914. The fourth-order valence-electron chi connectivity index (χ4n) is 2.96. The molecule has 222 valence electrons. The Morgan fingerprint density at radius 2 is 1.46 bits per heavy atom. The van der Waals surface area contributed by atoms with Crippen LogP contribution in [0.5, 0.6) is 0 Å². The number of aliphatic hydroxyl groups excluding tert-OH is 1. The number of rotatable bonds is 14. The van der Waals surface area contributed by atoms with Crippen molar-refractivity contribution in [1.82, 2.24) is 20.9 Å². The van der Waals surface area contributed by atoms with E-state index in [2.05, 4.69) is 20.7 Å². The molecule has 3 atom stereocenters. The lowest BCUT2D eigenvalue weighted by Crippen LogP contribution is -2.56. The average molecular weight is 561 g/mol. The van der Waals surface area contributed by atoms with Crippen LogP contribution in [0.3, 0.4) is 0 Å². The van der Waals surface area contributed by atoms with Crippen molar-refractivity contribution >= 4 is 35.8 Å². The maximum absolute atomic E-state index is 13.1. The van der Waals surface area contributed by atoms with E-state index in [9.17, 15) is 33.9 Å². The minimum atomic E-state index is -1.54. The standard InChI is InChI=1S/C24H40N4O11/c1-9-10-19(27-23(35)39-24(4,5)6)28(7)18(11-29)21(33)25-16(12-37-14(2)30)20(32)26-17(22(34)36-8)13-38-15(3)31/h11,16-17,19,29H,9-10,12-13H2,1-8H3,(H,25,33)(H,26,32)(H,27,35)/b18-11-/t16-,17-,19?/m0/s1. The SMILES string of the molecule is CCCC(NC(=O)OC(C)(C)C)N(C)/C(=C\O)C(=O)N[C@@H](COC(C)=O)C(=O)N[C@@H](COC(C)=O)C(=O)OC. The van der Waals surface area contributed by atoms with Crippen molar-refractivity contribution in [2.75, 3.05) is 27.4 Å². The van der Waals surface area contributed by atoms with Crippen LogP contribution in [0.2, 0.25) is 0 Å². The molecule has 0 bridgehead atoms. The number of carbonyl (C=O) groups excluding carboxylic acids is 6. The van der Waals surface area contributed by atoms with E-state index >= 15 is 0 Å². The molecule has 3 amide bonds. The lowest BCUT2D eigenvalue weighted by Gasteiger charge is -2.32. The van der Waals surface area contributed by atoms with E-state index in [-0.39, 0.29) is 5.70 Å². The zero-order valence-corrected chi connectivity index (χ0v) is 23.6. The molecule has 0 aromatic carbocycles. The van der Waals surface area contributed by atoms with Gasteiger partial charge in [0.1, 0.15) is 43.0 Å². The van der Waals surface area contributed by atoms with Gasteiger partial charge < -0.3 is 44.9 Å². The summed E-state index contributed by atoms with van der Waals surface area (Å²) in [5.74, 6) is -4.37. The highest BCUT2D eigenvalue weighted by atomic mass is 16.6. The van der Waals surface area contributed by atoms with Gasteiger partial charge in [0, 0.05) is 20.9 Å². The number of methoxy groups -OCH3 is 1. The third kappa shape index (κ3) is 13.9. The van der Waals surface area contributed by atoms with Crippen molar-refractivity contribution < 1.29 is 52.8 Å². The summed E-state index contributed by atoms with van der Waals surface area (Å²) in [6.45, 7) is 7.89. The van der Waals surface area contributed by atoms with Crippen LogP contribution in [-0.4, -0.2) is 97.0 Å². The van der Waals surface area contributed by atoms with Crippen LogP contribution >= 0.6 is 0 Å². The van der Waals surface area contributed by atoms with Gasteiger partial charge in [0.15, 0.2) is 6.04 Å². The molecular formula is C24H40N4O11. The maximum Gasteiger partial charge on any atom is 0.409 e. The molecule has 0 aromatic rings. The van der Waals surface area contributed by atoms with Crippen molar-refractivity contribution in [3.05, 3.63) is 12.0 Å². The molecule has 0 fully saturated rings. The van der Waals surface area contributed by atoms with Crippen LogP contribution in [0.1, 0.15) is 54.4 Å². The summed E-state index contributed by atoms with van der Waals surface area (Å²) in [6, 6.07) is -2.97. The molecule has 1 unspecified atom stereocenters. The number of nitrogens with zero attached hydrogens (tertiary/aromatic N) is 1. The molecule has 0 saturated heterocycles. The van der Waals surface area contributed by atoms with Crippen LogP contribution in [-0.2, 0) is 42.9 Å². The Morgan fingerprint density at radius 1 is 0.923 bits per heavy atom. The predicted octanol–water partition coefficient (Wildman–Crippen LogP) is 0.237. The smallest absolute Gasteiger partial charge is 0.409 e. The molecule has 0 saturated carbocycles. The Hall–Kier alpha value is -4.04. The molecular weight excluding hydrogens is 520 g/mol. The summed E-state index contributed by atoms with van der Waals surface area (Å²) < 4.78 is 19.5. The molecule has 15 nitrogen and oxygen atoms in total. The van der Waals surface area contributed by atoms with E-state index in [1.807, 2.05) is 6.92 Å². The largest absolute Gasteiger partial charge is 0.513 e. The third-order valence-corrected chi connectivity index (χ3v) is 4.78. The Kier molecular flexibility index (Phi) is 15.0.